The molecule has 1 heterocycles. The molecule has 0 aliphatic heterocycles. The van der Waals surface area contributed by atoms with Gasteiger partial charge in [0.25, 0.3) is 5.91 Å². The molecule has 1 amide bonds. The van der Waals surface area contributed by atoms with Gasteiger partial charge in [0.1, 0.15) is 5.76 Å². The Kier molecular flexibility index (Phi) is 3.89. The summed E-state index contributed by atoms with van der Waals surface area (Å²) in [7, 11) is 0. The quantitative estimate of drug-likeness (QED) is 0.860. The lowest BCUT2D eigenvalue weighted by atomic mass is 10.2. The number of anilines is 1. The molecule has 0 aliphatic carbocycles. The maximum absolute atomic E-state index is 12.6. The van der Waals surface area contributed by atoms with Crippen LogP contribution >= 0.6 is 15.9 Å². The lowest BCUT2D eigenvalue weighted by Crippen LogP contribution is -2.14. The van der Waals surface area contributed by atoms with Crippen molar-refractivity contribution < 1.29 is 22.4 Å². The number of amides is 1. The fraction of sp³-hybridized carbons (Fsp3) is 0.154. The van der Waals surface area contributed by atoms with E-state index in [1.165, 1.54) is 18.4 Å². The third kappa shape index (κ3) is 3.04. The Balaban J connectivity index is 2.30. The molecule has 0 spiro atoms. The van der Waals surface area contributed by atoms with E-state index < -0.39 is 17.6 Å². The van der Waals surface area contributed by atoms with Crippen LogP contribution in [0.4, 0.5) is 18.9 Å². The van der Waals surface area contributed by atoms with Gasteiger partial charge in [0.05, 0.1) is 23.1 Å². The van der Waals surface area contributed by atoms with E-state index in [0.29, 0.717) is 10.2 Å². The van der Waals surface area contributed by atoms with Gasteiger partial charge >= 0.3 is 6.18 Å². The van der Waals surface area contributed by atoms with Gasteiger partial charge < -0.3 is 9.73 Å². The van der Waals surface area contributed by atoms with Crippen molar-refractivity contribution in [1.82, 2.24) is 0 Å². The summed E-state index contributed by atoms with van der Waals surface area (Å²) < 4.78 is 43.2. The molecular weight excluding hydrogens is 339 g/mol. The van der Waals surface area contributed by atoms with Gasteiger partial charge in [-0.3, -0.25) is 4.79 Å². The van der Waals surface area contributed by atoms with Crippen LogP contribution in [0.25, 0.3) is 0 Å². The first-order chi connectivity index (χ1) is 9.29. The van der Waals surface area contributed by atoms with Gasteiger partial charge in [0.2, 0.25) is 0 Å². The van der Waals surface area contributed by atoms with Gasteiger partial charge in [-0.15, -0.1) is 0 Å². The SMILES string of the molecule is Cc1occc1C(=O)Nc1cc(C(F)(F)F)ccc1Br. The second-order valence-corrected chi connectivity index (χ2v) is 4.89. The molecule has 1 aromatic carbocycles. The molecule has 3 nitrogen and oxygen atoms in total. The minimum absolute atomic E-state index is 0.0467. The minimum atomic E-state index is -4.47. The summed E-state index contributed by atoms with van der Waals surface area (Å²) in [6, 6.07) is 4.49. The van der Waals surface area contributed by atoms with Gasteiger partial charge in [0.15, 0.2) is 0 Å². The summed E-state index contributed by atoms with van der Waals surface area (Å²) in [6.07, 6.45) is -3.13. The number of nitrogens with one attached hydrogen (secondary N) is 1. The zero-order valence-electron chi connectivity index (χ0n) is 10.2. The predicted octanol–water partition coefficient (Wildman–Crippen LogP) is 4.62. The van der Waals surface area contributed by atoms with E-state index in [1.54, 1.807) is 6.92 Å². The van der Waals surface area contributed by atoms with Gasteiger partial charge in [-0.25, -0.2) is 0 Å². The molecule has 2 aromatic rings. The number of furan rings is 1. The first-order valence-corrected chi connectivity index (χ1v) is 6.30. The topological polar surface area (TPSA) is 42.2 Å². The zero-order chi connectivity index (χ0) is 14.9. The van der Waals surface area contributed by atoms with Crippen LogP contribution in [0.15, 0.2) is 39.4 Å². The van der Waals surface area contributed by atoms with Crippen molar-refractivity contribution in [1.29, 1.82) is 0 Å². The van der Waals surface area contributed by atoms with E-state index in [0.717, 1.165) is 12.1 Å². The molecule has 0 aliphatic rings. The molecule has 0 saturated carbocycles. The number of halogens is 4. The van der Waals surface area contributed by atoms with Crippen LogP contribution in [-0.4, -0.2) is 5.91 Å². The summed E-state index contributed by atoms with van der Waals surface area (Å²) in [5, 5.41) is 2.42. The fourth-order valence-corrected chi connectivity index (χ4v) is 1.95. The highest BCUT2D eigenvalue weighted by molar-refractivity contribution is 9.10. The van der Waals surface area contributed by atoms with E-state index in [2.05, 4.69) is 21.2 Å². The van der Waals surface area contributed by atoms with Crippen LogP contribution < -0.4 is 5.32 Å². The standard InChI is InChI=1S/C13H9BrF3NO2/c1-7-9(4-5-20-7)12(19)18-11-6-8(13(15,16)17)2-3-10(11)14/h2-6H,1H3,(H,18,19). The molecule has 0 bridgehead atoms. The highest BCUT2D eigenvalue weighted by Crippen LogP contribution is 2.34. The van der Waals surface area contributed by atoms with Gasteiger partial charge in [0, 0.05) is 4.47 Å². The third-order valence-corrected chi connectivity index (χ3v) is 3.34. The van der Waals surface area contributed by atoms with Crippen LogP contribution in [0.1, 0.15) is 21.7 Å². The Bertz CT molecular complexity index is 649. The predicted molar refractivity (Wildman–Crippen MR) is 70.5 cm³/mol. The molecule has 1 N–H and O–H groups in total. The Morgan fingerprint density at radius 3 is 2.55 bits per heavy atom. The van der Waals surface area contributed by atoms with Crippen LogP contribution in [0.5, 0.6) is 0 Å². The fourth-order valence-electron chi connectivity index (χ4n) is 1.61. The Labute approximate surface area is 120 Å². The molecule has 0 saturated heterocycles. The molecule has 106 valence electrons. The Hall–Kier alpha value is -1.76. The number of alkyl halides is 3. The van der Waals surface area contributed by atoms with E-state index in [1.807, 2.05) is 0 Å². The largest absolute Gasteiger partial charge is 0.469 e. The first-order valence-electron chi connectivity index (χ1n) is 5.51. The van der Waals surface area contributed by atoms with E-state index in [4.69, 9.17) is 4.42 Å². The molecule has 1 aromatic heterocycles. The highest BCUT2D eigenvalue weighted by Gasteiger charge is 2.31. The Morgan fingerprint density at radius 2 is 2.00 bits per heavy atom. The minimum Gasteiger partial charge on any atom is -0.469 e. The molecule has 20 heavy (non-hydrogen) atoms. The zero-order valence-corrected chi connectivity index (χ0v) is 11.8. The number of carbonyl (C=O) groups excluding carboxylic acids is 1. The number of hydrogen-bond donors (Lipinski definition) is 1. The van der Waals surface area contributed by atoms with Crippen molar-refractivity contribution in [3.63, 3.8) is 0 Å². The number of carbonyl (C=O) groups is 1. The van der Waals surface area contributed by atoms with Crippen LogP contribution in [0.3, 0.4) is 0 Å². The van der Waals surface area contributed by atoms with Crippen molar-refractivity contribution in [2.45, 2.75) is 13.1 Å². The number of rotatable bonds is 2. The maximum atomic E-state index is 12.6. The smallest absolute Gasteiger partial charge is 0.416 e. The van der Waals surface area contributed by atoms with Crippen molar-refractivity contribution in [2.75, 3.05) is 5.32 Å². The normalized spacial score (nSPS) is 11.4. The average molecular weight is 348 g/mol. The molecule has 0 unspecified atom stereocenters. The van der Waals surface area contributed by atoms with Crippen molar-refractivity contribution >= 4 is 27.5 Å². The lowest BCUT2D eigenvalue weighted by molar-refractivity contribution is -0.137. The van der Waals surface area contributed by atoms with Crippen molar-refractivity contribution in [2.24, 2.45) is 0 Å². The lowest BCUT2D eigenvalue weighted by Gasteiger charge is -2.11. The summed E-state index contributed by atoms with van der Waals surface area (Å²) in [4.78, 5) is 11.9. The molecule has 0 radical (unpaired) electrons. The van der Waals surface area contributed by atoms with Crippen LogP contribution in [0.2, 0.25) is 0 Å². The van der Waals surface area contributed by atoms with E-state index in [-0.39, 0.29) is 11.3 Å². The van der Waals surface area contributed by atoms with Crippen molar-refractivity contribution in [3.05, 3.63) is 51.9 Å². The van der Waals surface area contributed by atoms with Gasteiger partial charge in [-0.05, 0) is 47.1 Å². The van der Waals surface area contributed by atoms with E-state index in [9.17, 15) is 18.0 Å². The average Bonchev–Trinajstić information content (AvgIpc) is 2.77. The molecular formula is C13H9BrF3NO2. The van der Waals surface area contributed by atoms with Crippen LogP contribution in [-0.2, 0) is 6.18 Å². The van der Waals surface area contributed by atoms with Crippen LogP contribution in [0, 0.1) is 6.92 Å². The van der Waals surface area contributed by atoms with Crippen molar-refractivity contribution in [3.8, 4) is 0 Å². The third-order valence-electron chi connectivity index (χ3n) is 2.65. The second kappa shape index (κ2) is 5.32. The Morgan fingerprint density at radius 1 is 1.30 bits per heavy atom. The molecule has 0 atom stereocenters. The number of benzene rings is 1. The second-order valence-electron chi connectivity index (χ2n) is 4.04. The first kappa shape index (κ1) is 14.6. The summed E-state index contributed by atoms with van der Waals surface area (Å²) >= 11 is 3.10. The monoisotopic (exact) mass is 347 g/mol. The highest BCUT2D eigenvalue weighted by atomic mass is 79.9. The summed E-state index contributed by atoms with van der Waals surface area (Å²) in [6.45, 7) is 1.59. The summed E-state index contributed by atoms with van der Waals surface area (Å²) in [5.74, 6) is -0.137. The number of aryl methyl sites for hydroxylation is 1. The van der Waals surface area contributed by atoms with E-state index >= 15 is 0 Å². The molecule has 2 rings (SSSR count). The van der Waals surface area contributed by atoms with Gasteiger partial charge in [-0.2, -0.15) is 13.2 Å². The summed E-state index contributed by atoms with van der Waals surface area (Å²) in [5.41, 5.74) is -0.514. The molecule has 7 heteroatoms. The maximum Gasteiger partial charge on any atom is 0.416 e. The molecule has 0 fully saturated rings. The van der Waals surface area contributed by atoms with Gasteiger partial charge in [-0.1, -0.05) is 0 Å². The number of hydrogen-bond acceptors (Lipinski definition) is 2.